The zero-order valence-corrected chi connectivity index (χ0v) is 16.2. The Kier molecular flexibility index (Phi) is 4.26. The van der Waals surface area contributed by atoms with E-state index in [4.69, 9.17) is 4.74 Å². The van der Waals surface area contributed by atoms with Crippen LogP contribution in [0.4, 0.5) is 17.1 Å². The average Bonchev–Trinajstić information content (AvgIpc) is 3.06. The molecule has 2 aliphatic rings. The SMILES string of the molecule is C[C@H]1Oc2ccc(NC(=O)c3ccc4c(c3)CCN4S(C)(=O)=O)cc2NC1=O. The minimum absolute atomic E-state index is 0.245. The summed E-state index contributed by atoms with van der Waals surface area (Å²) in [4.78, 5) is 24.4. The molecule has 0 saturated carbocycles. The molecular weight excluding hydrogens is 382 g/mol. The molecule has 2 amide bonds. The van der Waals surface area contributed by atoms with Gasteiger partial charge in [-0.2, -0.15) is 0 Å². The summed E-state index contributed by atoms with van der Waals surface area (Å²) in [7, 11) is -3.33. The molecule has 0 radical (unpaired) electrons. The first-order valence-corrected chi connectivity index (χ1v) is 10.6. The topological polar surface area (TPSA) is 105 Å². The first-order valence-electron chi connectivity index (χ1n) is 8.76. The van der Waals surface area contributed by atoms with E-state index >= 15 is 0 Å². The lowest BCUT2D eigenvalue weighted by atomic mass is 10.1. The van der Waals surface area contributed by atoms with E-state index < -0.39 is 16.1 Å². The number of amides is 2. The normalized spacial score (nSPS) is 18.0. The quantitative estimate of drug-likeness (QED) is 0.818. The molecule has 0 fully saturated rings. The van der Waals surface area contributed by atoms with Crippen molar-refractivity contribution in [3.05, 3.63) is 47.5 Å². The van der Waals surface area contributed by atoms with Crippen LogP contribution >= 0.6 is 0 Å². The Labute approximate surface area is 162 Å². The highest BCUT2D eigenvalue weighted by Gasteiger charge is 2.27. The van der Waals surface area contributed by atoms with Crippen LogP contribution in [0.3, 0.4) is 0 Å². The predicted molar refractivity (Wildman–Crippen MR) is 105 cm³/mol. The van der Waals surface area contributed by atoms with Crippen molar-refractivity contribution in [3.8, 4) is 5.75 Å². The molecule has 0 saturated heterocycles. The summed E-state index contributed by atoms with van der Waals surface area (Å²) in [6, 6.07) is 9.98. The van der Waals surface area contributed by atoms with Crippen LogP contribution in [0.2, 0.25) is 0 Å². The van der Waals surface area contributed by atoms with Gasteiger partial charge < -0.3 is 15.4 Å². The fourth-order valence-electron chi connectivity index (χ4n) is 3.35. The second kappa shape index (κ2) is 6.52. The Morgan fingerprint density at radius 3 is 2.79 bits per heavy atom. The summed E-state index contributed by atoms with van der Waals surface area (Å²) in [6.07, 6.45) is 1.16. The maximum atomic E-state index is 12.6. The van der Waals surface area contributed by atoms with Gasteiger partial charge in [0.15, 0.2) is 6.10 Å². The van der Waals surface area contributed by atoms with Crippen LogP contribution in [0, 0.1) is 0 Å². The van der Waals surface area contributed by atoms with E-state index in [9.17, 15) is 18.0 Å². The van der Waals surface area contributed by atoms with Crippen LogP contribution in [0.1, 0.15) is 22.8 Å². The van der Waals surface area contributed by atoms with Crippen LogP contribution < -0.4 is 19.7 Å². The van der Waals surface area contributed by atoms with Crippen molar-refractivity contribution in [2.24, 2.45) is 0 Å². The third-order valence-corrected chi connectivity index (χ3v) is 5.94. The summed E-state index contributed by atoms with van der Waals surface area (Å²) < 4.78 is 30.5. The van der Waals surface area contributed by atoms with Crippen LogP contribution in [-0.2, 0) is 21.2 Å². The zero-order valence-electron chi connectivity index (χ0n) is 15.4. The minimum Gasteiger partial charge on any atom is -0.479 e. The number of rotatable bonds is 3. The van der Waals surface area contributed by atoms with E-state index in [2.05, 4.69) is 10.6 Å². The minimum atomic E-state index is -3.33. The van der Waals surface area contributed by atoms with Crippen molar-refractivity contribution < 1.29 is 22.7 Å². The number of ether oxygens (including phenoxy) is 1. The maximum absolute atomic E-state index is 12.6. The number of anilines is 3. The molecule has 8 nitrogen and oxygen atoms in total. The molecule has 1 atom stereocenters. The highest BCUT2D eigenvalue weighted by atomic mass is 32.2. The maximum Gasteiger partial charge on any atom is 0.265 e. The number of hydrogen-bond acceptors (Lipinski definition) is 5. The standard InChI is InChI=1S/C19H19N3O5S/c1-11-18(23)21-15-10-14(4-6-17(15)27-11)20-19(24)13-3-5-16-12(9-13)7-8-22(16)28(2,25)26/h3-6,9-11H,7-8H2,1-2H3,(H,20,24)(H,21,23)/t11-/m1/s1. The molecule has 28 heavy (non-hydrogen) atoms. The van der Waals surface area contributed by atoms with E-state index in [0.29, 0.717) is 41.3 Å². The second-order valence-corrected chi connectivity index (χ2v) is 8.75. The fraction of sp³-hybridized carbons (Fsp3) is 0.263. The Bertz CT molecular complexity index is 1100. The highest BCUT2D eigenvalue weighted by Crippen LogP contribution is 2.33. The molecular formula is C19H19N3O5S. The van der Waals surface area contributed by atoms with Gasteiger partial charge in [0.25, 0.3) is 11.8 Å². The van der Waals surface area contributed by atoms with E-state index in [1.807, 2.05) is 0 Å². The Balaban J connectivity index is 1.54. The van der Waals surface area contributed by atoms with E-state index in [0.717, 1.165) is 5.56 Å². The molecule has 0 aliphatic carbocycles. The van der Waals surface area contributed by atoms with Gasteiger partial charge in [-0.05, 0) is 55.3 Å². The Morgan fingerprint density at radius 2 is 2.04 bits per heavy atom. The van der Waals surface area contributed by atoms with E-state index in [1.54, 1.807) is 43.3 Å². The van der Waals surface area contributed by atoms with Gasteiger partial charge in [0.05, 0.1) is 17.6 Å². The molecule has 2 heterocycles. The largest absolute Gasteiger partial charge is 0.479 e. The molecule has 2 aromatic carbocycles. The van der Waals surface area contributed by atoms with Crippen molar-refractivity contribution in [2.45, 2.75) is 19.4 Å². The first kappa shape index (κ1) is 18.3. The lowest BCUT2D eigenvalue weighted by Crippen LogP contribution is -2.34. The van der Waals surface area contributed by atoms with Gasteiger partial charge in [-0.3, -0.25) is 13.9 Å². The molecule has 2 aliphatic heterocycles. The van der Waals surface area contributed by atoms with Crippen LogP contribution in [0.15, 0.2) is 36.4 Å². The summed E-state index contributed by atoms with van der Waals surface area (Å²) in [6.45, 7) is 2.04. The average molecular weight is 401 g/mol. The predicted octanol–water partition coefficient (Wildman–Crippen LogP) is 1.98. The summed E-state index contributed by atoms with van der Waals surface area (Å²) in [5.74, 6) is -0.0227. The molecule has 9 heteroatoms. The van der Waals surface area contributed by atoms with E-state index in [1.165, 1.54) is 10.6 Å². The van der Waals surface area contributed by atoms with Gasteiger partial charge in [0.1, 0.15) is 5.75 Å². The number of fused-ring (bicyclic) bond motifs is 2. The lowest BCUT2D eigenvalue weighted by Gasteiger charge is -2.23. The number of carbonyl (C=O) groups is 2. The molecule has 0 unspecified atom stereocenters. The van der Waals surface area contributed by atoms with Crippen LogP contribution in [0.5, 0.6) is 5.75 Å². The Morgan fingerprint density at radius 1 is 1.25 bits per heavy atom. The second-order valence-electron chi connectivity index (χ2n) is 6.84. The number of carbonyl (C=O) groups excluding carboxylic acids is 2. The summed E-state index contributed by atoms with van der Waals surface area (Å²) in [5, 5.41) is 5.53. The van der Waals surface area contributed by atoms with Crippen molar-refractivity contribution >= 4 is 38.9 Å². The molecule has 2 aromatic rings. The van der Waals surface area contributed by atoms with Crippen molar-refractivity contribution in [3.63, 3.8) is 0 Å². The van der Waals surface area contributed by atoms with Crippen LogP contribution in [-0.4, -0.2) is 39.1 Å². The fourth-order valence-corrected chi connectivity index (χ4v) is 4.31. The lowest BCUT2D eigenvalue weighted by molar-refractivity contribution is -0.122. The molecule has 0 aromatic heterocycles. The van der Waals surface area contributed by atoms with Crippen molar-refractivity contribution in [2.75, 3.05) is 27.7 Å². The van der Waals surface area contributed by atoms with Gasteiger partial charge in [-0.1, -0.05) is 0 Å². The molecule has 146 valence electrons. The zero-order chi connectivity index (χ0) is 20.1. The number of hydrogen-bond donors (Lipinski definition) is 2. The number of nitrogens with one attached hydrogen (secondary N) is 2. The highest BCUT2D eigenvalue weighted by molar-refractivity contribution is 7.92. The monoisotopic (exact) mass is 401 g/mol. The Hall–Kier alpha value is -3.07. The van der Waals surface area contributed by atoms with Gasteiger partial charge in [-0.15, -0.1) is 0 Å². The van der Waals surface area contributed by atoms with E-state index in [-0.39, 0.29) is 11.8 Å². The summed E-state index contributed by atoms with van der Waals surface area (Å²) >= 11 is 0. The number of sulfonamides is 1. The van der Waals surface area contributed by atoms with Crippen molar-refractivity contribution in [1.29, 1.82) is 0 Å². The van der Waals surface area contributed by atoms with Gasteiger partial charge >= 0.3 is 0 Å². The summed E-state index contributed by atoms with van der Waals surface area (Å²) in [5.41, 5.74) is 2.87. The van der Waals surface area contributed by atoms with Crippen LogP contribution in [0.25, 0.3) is 0 Å². The third kappa shape index (κ3) is 3.29. The van der Waals surface area contributed by atoms with Gasteiger partial charge in [0, 0.05) is 17.8 Å². The van der Waals surface area contributed by atoms with Gasteiger partial charge in [-0.25, -0.2) is 8.42 Å². The molecule has 0 spiro atoms. The number of benzene rings is 2. The smallest absolute Gasteiger partial charge is 0.265 e. The van der Waals surface area contributed by atoms with Crippen molar-refractivity contribution in [1.82, 2.24) is 0 Å². The number of nitrogens with zero attached hydrogens (tertiary/aromatic N) is 1. The van der Waals surface area contributed by atoms with Gasteiger partial charge in [0.2, 0.25) is 10.0 Å². The first-order chi connectivity index (χ1) is 13.2. The molecule has 0 bridgehead atoms. The molecule has 2 N–H and O–H groups in total. The molecule has 4 rings (SSSR count). The third-order valence-electron chi connectivity index (χ3n) is 4.76.